The van der Waals surface area contributed by atoms with Crippen molar-refractivity contribution in [1.29, 1.82) is 0 Å². The number of nitrogens with one attached hydrogen (secondary N) is 1. The number of aromatic amines is 1. The first kappa shape index (κ1) is 20.3. The van der Waals surface area contributed by atoms with Crippen molar-refractivity contribution in [2.75, 3.05) is 7.11 Å². The van der Waals surface area contributed by atoms with Gasteiger partial charge >= 0.3 is 5.69 Å². The van der Waals surface area contributed by atoms with Crippen LogP contribution in [0.5, 0.6) is 11.5 Å². The molecule has 8 heteroatoms. The molecule has 2 aromatic heterocycles. The maximum atomic E-state index is 12.7. The number of ether oxygens (including phenoxy) is 1. The Kier molecular flexibility index (Phi) is 5.51. The zero-order chi connectivity index (χ0) is 22.0. The third kappa shape index (κ3) is 4.17. The molecule has 0 aliphatic heterocycles. The van der Waals surface area contributed by atoms with Crippen LogP contribution in [0.25, 0.3) is 23.2 Å². The van der Waals surface area contributed by atoms with Crippen molar-refractivity contribution in [2.24, 2.45) is 0 Å². The lowest BCUT2D eigenvalue weighted by atomic mass is 10.1. The van der Waals surface area contributed by atoms with Crippen molar-refractivity contribution in [3.05, 3.63) is 93.7 Å². The van der Waals surface area contributed by atoms with E-state index in [1.54, 1.807) is 54.6 Å². The first-order valence-corrected chi connectivity index (χ1v) is 9.60. The fraction of sp³-hybridized carbons (Fsp3) is 0.0435. The summed E-state index contributed by atoms with van der Waals surface area (Å²) in [4.78, 5) is 27.7. The van der Waals surface area contributed by atoms with Gasteiger partial charge < -0.3 is 19.2 Å². The van der Waals surface area contributed by atoms with E-state index in [2.05, 4.69) is 4.98 Å². The summed E-state index contributed by atoms with van der Waals surface area (Å²) in [5.41, 5.74) is 1.69. The highest BCUT2D eigenvalue weighted by atomic mass is 35.5. The van der Waals surface area contributed by atoms with Crippen molar-refractivity contribution in [3.8, 4) is 28.6 Å². The number of rotatable bonds is 6. The van der Waals surface area contributed by atoms with E-state index in [9.17, 15) is 14.7 Å². The molecule has 31 heavy (non-hydrogen) atoms. The monoisotopic (exact) mass is 436 g/mol. The molecule has 0 aliphatic rings. The predicted molar refractivity (Wildman–Crippen MR) is 117 cm³/mol. The topological polar surface area (TPSA) is 97.5 Å². The molecule has 2 N–H and O–H groups in total. The quantitative estimate of drug-likeness (QED) is 0.337. The number of halogens is 1. The second kappa shape index (κ2) is 8.41. The number of methoxy groups -OCH3 is 1. The fourth-order valence-corrected chi connectivity index (χ4v) is 3.27. The largest absolute Gasteiger partial charge is 0.504 e. The van der Waals surface area contributed by atoms with E-state index in [-0.39, 0.29) is 22.4 Å². The number of phenolic OH excluding ortho intramolecular Hbond substituents is 1. The first-order chi connectivity index (χ1) is 15.0. The Bertz CT molecular complexity index is 1350. The molecule has 0 bridgehead atoms. The van der Waals surface area contributed by atoms with Crippen molar-refractivity contribution in [2.45, 2.75) is 0 Å². The molecule has 0 aliphatic carbocycles. The molecule has 0 radical (unpaired) electrons. The minimum atomic E-state index is -0.376. The van der Waals surface area contributed by atoms with Crippen LogP contribution in [0.4, 0.5) is 0 Å². The van der Waals surface area contributed by atoms with Gasteiger partial charge in [0.05, 0.1) is 12.8 Å². The fourth-order valence-electron chi connectivity index (χ4n) is 3.12. The average Bonchev–Trinajstić information content (AvgIpc) is 3.38. The van der Waals surface area contributed by atoms with E-state index in [4.69, 9.17) is 20.8 Å². The van der Waals surface area contributed by atoms with Gasteiger partial charge in [-0.3, -0.25) is 9.36 Å². The Morgan fingerprint density at radius 1 is 1.19 bits per heavy atom. The van der Waals surface area contributed by atoms with E-state index >= 15 is 0 Å². The molecule has 0 atom stereocenters. The number of imidazole rings is 1. The minimum absolute atomic E-state index is 0.0178. The number of allylic oxidation sites excluding steroid dienone is 1. The van der Waals surface area contributed by atoms with Crippen LogP contribution in [0.3, 0.4) is 0 Å². The number of furan rings is 1. The van der Waals surface area contributed by atoms with Gasteiger partial charge in [0.25, 0.3) is 0 Å². The highest BCUT2D eigenvalue weighted by molar-refractivity contribution is 6.29. The first-order valence-electron chi connectivity index (χ1n) is 9.22. The SMILES string of the molecule is COc1cc(C=CC(=O)c2cccc(-n3c(-c4ccc(Cl)o4)c[nH]c3=O)c2)ccc1O. The number of hydrogen-bond donors (Lipinski definition) is 2. The Morgan fingerprint density at radius 2 is 2.03 bits per heavy atom. The Morgan fingerprint density at radius 3 is 2.77 bits per heavy atom. The van der Waals surface area contributed by atoms with Crippen LogP contribution < -0.4 is 10.4 Å². The maximum absolute atomic E-state index is 12.7. The standard InChI is InChI=1S/C23H17ClN2O5/c1-30-21-11-14(6-8-19(21)28)5-7-18(27)15-3-2-4-16(12-15)26-17(13-25-23(26)29)20-9-10-22(24)31-20/h2-13,28H,1H3,(H,25,29). The second-order valence-corrected chi connectivity index (χ2v) is 6.97. The molecule has 0 spiro atoms. The van der Waals surface area contributed by atoms with Gasteiger partial charge in [0.15, 0.2) is 28.3 Å². The summed E-state index contributed by atoms with van der Waals surface area (Å²) in [7, 11) is 1.45. The highest BCUT2D eigenvalue weighted by Crippen LogP contribution is 2.27. The highest BCUT2D eigenvalue weighted by Gasteiger charge is 2.15. The second-order valence-electron chi connectivity index (χ2n) is 6.60. The number of phenols is 1. The van der Waals surface area contributed by atoms with Gasteiger partial charge in [-0.05, 0) is 59.6 Å². The zero-order valence-electron chi connectivity index (χ0n) is 16.3. The molecule has 0 saturated heterocycles. The average molecular weight is 437 g/mol. The van der Waals surface area contributed by atoms with Crippen LogP contribution >= 0.6 is 11.6 Å². The van der Waals surface area contributed by atoms with Gasteiger partial charge in [-0.2, -0.15) is 0 Å². The molecule has 0 unspecified atom stereocenters. The van der Waals surface area contributed by atoms with Gasteiger partial charge in [-0.25, -0.2) is 4.79 Å². The summed E-state index contributed by atoms with van der Waals surface area (Å²) >= 11 is 5.86. The van der Waals surface area contributed by atoms with Gasteiger partial charge in [0.1, 0.15) is 5.69 Å². The van der Waals surface area contributed by atoms with E-state index < -0.39 is 0 Å². The molecule has 2 heterocycles. The van der Waals surface area contributed by atoms with Gasteiger partial charge in [0, 0.05) is 11.8 Å². The minimum Gasteiger partial charge on any atom is -0.504 e. The summed E-state index contributed by atoms with van der Waals surface area (Å²) in [6, 6.07) is 14.7. The Balaban J connectivity index is 1.65. The number of ketones is 1. The number of aromatic nitrogens is 2. The third-order valence-electron chi connectivity index (χ3n) is 4.62. The summed E-state index contributed by atoms with van der Waals surface area (Å²) in [6.07, 6.45) is 4.55. The molecule has 0 amide bonds. The number of nitrogens with zero attached hydrogens (tertiary/aromatic N) is 1. The van der Waals surface area contributed by atoms with Gasteiger partial charge in [-0.15, -0.1) is 0 Å². The number of aromatic hydroxyl groups is 1. The normalized spacial score (nSPS) is 11.2. The zero-order valence-corrected chi connectivity index (χ0v) is 17.1. The van der Waals surface area contributed by atoms with Crippen molar-refractivity contribution >= 4 is 23.5 Å². The van der Waals surface area contributed by atoms with Gasteiger partial charge in [-0.1, -0.05) is 24.3 Å². The van der Waals surface area contributed by atoms with Crippen molar-refractivity contribution in [1.82, 2.24) is 9.55 Å². The van der Waals surface area contributed by atoms with Crippen LogP contribution in [0.15, 0.2) is 76.1 Å². The van der Waals surface area contributed by atoms with E-state index in [1.807, 2.05) is 0 Å². The van der Waals surface area contributed by atoms with Crippen LogP contribution in [-0.2, 0) is 0 Å². The number of carbonyl (C=O) groups excluding carboxylic acids is 1. The summed E-state index contributed by atoms with van der Waals surface area (Å²) in [5.74, 6) is 0.500. The van der Waals surface area contributed by atoms with Crippen LogP contribution in [0.1, 0.15) is 15.9 Å². The lowest BCUT2D eigenvalue weighted by molar-refractivity contribution is 0.104. The summed E-state index contributed by atoms with van der Waals surface area (Å²) in [5, 5.41) is 9.88. The summed E-state index contributed by atoms with van der Waals surface area (Å²) in [6.45, 7) is 0. The lowest BCUT2D eigenvalue weighted by Crippen LogP contribution is -2.16. The van der Waals surface area contributed by atoms with Gasteiger partial charge in [0.2, 0.25) is 0 Å². The maximum Gasteiger partial charge on any atom is 0.330 e. The van der Waals surface area contributed by atoms with Crippen LogP contribution in [-0.4, -0.2) is 27.6 Å². The molecular weight excluding hydrogens is 420 g/mol. The molecule has 156 valence electrons. The van der Waals surface area contributed by atoms with Crippen molar-refractivity contribution < 1.29 is 19.1 Å². The smallest absolute Gasteiger partial charge is 0.330 e. The van der Waals surface area contributed by atoms with Crippen molar-refractivity contribution in [3.63, 3.8) is 0 Å². The summed E-state index contributed by atoms with van der Waals surface area (Å²) < 4.78 is 11.9. The molecular formula is C23H17ClN2O5. The Hall–Kier alpha value is -3.97. The molecule has 4 rings (SSSR count). The molecule has 0 fully saturated rings. The van der Waals surface area contributed by atoms with E-state index in [0.29, 0.717) is 34.0 Å². The Labute approximate surface area is 181 Å². The molecule has 0 saturated carbocycles. The third-order valence-corrected chi connectivity index (χ3v) is 4.82. The number of benzene rings is 2. The number of hydrogen-bond acceptors (Lipinski definition) is 5. The number of carbonyl (C=O) groups is 1. The van der Waals surface area contributed by atoms with E-state index in [1.165, 1.54) is 30.0 Å². The molecule has 7 nitrogen and oxygen atoms in total. The molecule has 2 aromatic carbocycles. The predicted octanol–water partition coefficient (Wildman–Crippen LogP) is 4.69. The van der Waals surface area contributed by atoms with Crippen LogP contribution in [0.2, 0.25) is 5.22 Å². The lowest BCUT2D eigenvalue weighted by Gasteiger charge is -2.07. The number of H-pyrrole nitrogens is 1. The van der Waals surface area contributed by atoms with Crippen LogP contribution in [0, 0.1) is 0 Å². The van der Waals surface area contributed by atoms with E-state index in [0.717, 1.165) is 0 Å². The molecule has 4 aromatic rings.